The first-order valence-electron chi connectivity index (χ1n) is 5.45. The lowest BCUT2D eigenvalue weighted by Crippen LogP contribution is -1.83. The Balaban J connectivity index is 1.92. The average molecular weight is 317 g/mol. The molecule has 1 heterocycles. The first-order valence-corrected chi connectivity index (χ1v) is 7.06. The van der Waals surface area contributed by atoms with E-state index in [9.17, 15) is 0 Å². The highest BCUT2D eigenvalue weighted by Crippen LogP contribution is 2.28. The van der Waals surface area contributed by atoms with Crippen LogP contribution in [0.4, 0.5) is 0 Å². The van der Waals surface area contributed by atoms with Crippen molar-refractivity contribution in [1.29, 1.82) is 0 Å². The molecule has 1 aromatic heterocycles. The fourth-order valence-corrected chi connectivity index (χ4v) is 2.68. The smallest absolute Gasteiger partial charge is 0.124 e. The van der Waals surface area contributed by atoms with Gasteiger partial charge in [-0.2, -0.15) is 0 Å². The van der Waals surface area contributed by atoms with E-state index in [-0.39, 0.29) is 0 Å². The van der Waals surface area contributed by atoms with E-state index >= 15 is 0 Å². The van der Waals surface area contributed by atoms with E-state index in [0.29, 0.717) is 0 Å². The lowest BCUT2D eigenvalue weighted by molar-refractivity contribution is 1.03. The molecule has 2 nitrogen and oxygen atoms in total. The highest BCUT2D eigenvalue weighted by Gasteiger charge is 2.01. The third-order valence-corrected chi connectivity index (χ3v) is 3.86. The second kappa shape index (κ2) is 5.08. The van der Waals surface area contributed by atoms with Crippen LogP contribution in [0.1, 0.15) is 0 Å². The molecule has 3 aromatic rings. The first kappa shape index (κ1) is 11.7. The van der Waals surface area contributed by atoms with Crippen molar-refractivity contribution in [3.63, 3.8) is 0 Å². The predicted molar refractivity (Wildman–Crippen MR) is 77.8 cm³/mol. The Morgan fingerprint density at radius 1 is 0.889 bits per heavy atom. The van der Waals surface area contributed by atoms with E-state index in [4.69, 9.17) is 0 Å². The third kappa shape index (κ3) is 2.54. The normalized spacial score (nSPS) is 10.7. The maximum Gasteiger partial charge on any atom is 0.124 e. The van der Waals surface area contributed by atoms with Crippen LogP contribution in [0.15, 0.2) is 69.4 Å². The van der Waals surface area contributed by atoms with Crippen LogP contribution in [0.3, 0.4) is 0 Å². The second-order valence-electron chi connectivity index (χ2n) is 3.79. The molecule has 0 N–H and O–H groups in total. The molecule has 0 aliphatic carbocycles. The highest BCUT2D eigenvalue weighted by molar-refractivity contribution is 9.10. The van der Waals surface area contributed by atoms with Crippen LogP contribution in [0.5, 0.6) is 0 Å². The zero-order chi connectivity index (χ0) is 12.4. The quantitative estimate of drug-likeness (QED) is 0.694. The molecule has 3 rings (SSSR count). The summed E-state index contributed by atoms with van der Waals surface area (Å²) in [6.45, 7) is 0. The van der Waals surface area contributed by atoms with Crippen molar-refractivity contribution in [3.05, 3.63) is 59.5 Å². The van der Waals surface area contributed by atoms with Gasteiger partial charge in [-0.3, -0.25) is 0 Å². The molecule has 0 saturated heterocycles. The van der Waals surface area contributed by atoms with Crippen molar-refractivity contribution in [3.8, 4) is 0 Å². The molecule has 0 radical (unpaired) electrons. The predicted octanol–water partition coefficient (Wildman–Crippen LogP) is 4.54. The lowest BCUT2D eigenvalue weighted by Gasteiger charge is -2.03. The van der Waals surface area contributed by atoms with Gasteiger partial charge >= 0.3 is 0 Å². The Morgan fingerprint density at radius 3 is 2.50 bits per heavy atom. The fourth-order valence-electron chi connectivity index (χ4n) is 1.70. The van der Waals surface area contributed by atoms with Gasteiger partial charge in [0.15, 0.2) is 0 Å². The highest BCUT2D eigenvalue weighted by atomic mass is 79.9. The van der Waals surface area contributed by atoms with Gasteiger partial charge in [0.25, 0.3) is 0 Å². The van der Waals surface area contributed by atoms with Gasteiger partial charge in [0.05, 0.1) is 12.4 Å². The van der Waals surface area contributed by atoms with Gasteiger partial charge in [0, 0.05) is 4.90 Å². The molecule has 0 saturated carbocycles. The molecule has 0 amide bonds. The average Bonchev–Trinajstić information content (AvgIpc) is 2.41. The summed E-state index contributed by atoms with van der Waals surface area (Å²) in [4.78, 5) is 9.65. The van der Waals surface area contributed by atoms with Crippen LogP contribution in [-0.2, 0) is 0 Å². The summed E-state index contributed by atoms with van der Waals surface area (Å²) in [5, 5.41) is 3.39. The zero-order valence-electron chi connectivity index (χ0n) is 9.38. The topological polar surface area (TPSA) is 25.8 Å². The van der Waals surface area contributed by atoms with E-state index in [1.807, 2.05) is 0 Å². The minimum absolute atomic E-state index is 0.755. The fraction of sp³-hybridized carbons (Fsp3) is 0. The molecule has 0 spiro atoms. The second-order valence-corrected chi connectivity index (χ2v) is 5.69. The van der Waals surface area contributed by atoms with Gasteiger partial charge in [-0.25, -0.2) is 9.97 Å². The SMILES string of the molecule is Brc1cnc(Sc2ccc3ccccc3c2)cn1. The van der Waals surface area contributed by atoms with Gasteiger partial charge < -0.3 is 0 Å². The number of nitrogens with zero attached hydrogens (tertiary/aromatic N) is 2. The molecule has 0 aliphatic rings. The molecule has 2 aromatic carbocycles. The van der Waals surface area contributed by atoms with Crippen LogP contribution in [0, 0.1) is 0 Å². The van der Waals surface area contributed by atoms with Crippen LogP contribution in [0.25, 0.3) is 10.8 Å². The summed E-state index contributed by atoms with van der Waals surface area (Å²) in [5.74, 6) is 0. The monoisotopic (exact) mass is 316 g/mol. The molecule has 4 heteroatoms. The summed E-state index contributed by atoms with van der Waals surface area (Å²) in [5.41, 5.74) is 0. The maximum atomic E-state index is 4.31. The number of hydrogen-bond acceptors (Lipinski definition) is 3. The van der Waals surface area contributed by atoms with E-state index in [2.05, 4.69) is 68.4 Å². The number of benzene rings is 2. The van der Waals surface area contributed by atoms with E-state index < -0.39 is 0 Å². The van der Waals surface area contributed by atoms with Crippen LogP contribution in [0.2, 0.25) is 0 Å². The van der Waals surface area contributed by atoms with Gasteiger partial charge in [0.1, 0.15) is 9.63 Å². The molecule has 0 bridgehead atoms. The van der Waals surface area contributed by atoms with Crippen LogP contribution < -0.4 is 0 Å². The van der Waals surface area contributed by atoms with E-state index in [1.165, 1.54) is 15.7 Å². The minimum atomic E-state index is 0.755. The number of fused-ring (bicyclic) bond motifs is 1. The molecular weight excluding hydrogens is 308 g/mol. The summed E-state index contributed by atoms with van der Waals surface area (Å²) in [7, 11) is 0. The Labute approximate surface area is 118 Å². The van der Waals surface area contributed by atoms with Crippen molar-refractivity contribution in [2.75, 3.05) is 0 Å². The van der Waals surface area contributed by atoms with Gasteiger partial charge in [-0.05, 0) is 38.8 Å². The standard InChI is InChI=1S/C14H9BrN2S/c15-13-8-17-14(9-16-13)18-12-6-5-10-3-1-2-4-11(10)7-12/h1-9H. The molecule has 0 aliphatic heterocycles. The summed E-state index contributed by atoms with van der Waals surface area (Å²) >= 11 is 4.90. The lowest BCUT2D eigenvalue weighted by atomic mass is 10.1. The van der Waals surface area contributed by atoms with Crippen LogP contribution in [-0.4, -0.2) is 9.97 Å². The Bertz CT molecular complexity index is 683. The first-order chi connectivity index (χ1) is 8.81. The number of rotatable bonds is 2. The molecular formula is C14H9BrN2S. The summed E-state index contributed by atoms with van der Waals surface area (Å²) in [6.07, 6.45) is 3.48. The third-order valence-electron chi connectivity index (χ3n) is 2.54. The minimum Gasteiger partial charge on any atom is -0.245 e. The van der Waals surface area contributed by atoms with Gasteiger partial charge in [-0.15, -0.1) is 0 Å². The van der Waals surface area contributed by atoms with Crippen molar-refractivity contribution in [1.82, 2.24) is 9.97 Å². The van der Waals surface area contributed by atoms with Crippen LogP contribution >= 0.6 is 27.7 Å². The van der Waals surface area contributed by atoms with E-state index in [1.54, 1.807) is 24.2 Å². The van der Waals surface area contributed by atoms with Crippen molar-refractivity contribution in [2.24, 2.45) is 0 Å². The largest absolute Gasteiger partial charge is 0.245 e. The van der Waals surface area contributed by atoms with Crippen molar-refractivity contribution in [2.45, 2.75) is 9.92 Å². The molecule has 88 valence electrons. The maximum absolute atomic E-state index is 4.31. The summed E-state index contributed by atoms with van der Waals surface area (Å²) in [6, 6.07) is 14.7. The van der Waals surface area contributed by atoms with Gasteiger partial charge in [-0.1, -0.05) is 42.1 Å². The molecule has 0 fully saturated rings. The van der Waals surface area contributed by atoms with Crippen molar-refractivity contribution < 1.29 is 0 Å². The zero-order valence-corrected chi connectivity index (χ0v) is 11.8. The number of halogens is 1. The Hall–Kier alpha value is -1.39. The molecule has 0 unspecified atom stereocenters. The Kier molecular flexibility index (Phi) is 3.30. The molecule has 0 atom stereocenters. The number of aromatic nitrogens is 2. The van der Waals surface area contributed by atoms with E-state index in [0.717, 1.165) is 9.63 Å². The molecule has 18 heavy (non-hydrogen) atoms. The Morgan fingerprint density at radius 2 is 1.72 bits per heavy atom. The summed E-state index contributed by atoms with van der Waals surface area (Å²) < 4.78 is 0.755. The number of hydrogen-bond donors (Lipinski definition) is 0. The van der Waals surface area contributed by atoms with Crippen molar-refractivity contribution >= 4 is 38.5 Å². The van der Waals surface area contributed by atoms with Gasteiger partial charge in [0.2, 0.25) is 0 Å².